The fourth-order valence-electron chi connectivity index (χ4n) is 2.25. The quantitative estimate of drug-likeness (QED) is 0.782. The van der Waals surface area contributed by atoms with Gasteiger partial charge in [0, 0.05) is 12.1 Å². The second-order valence-electron chi connectivity index (χ2n) is 5.87. The number of ether oxygens (including phenoxy) is 1. The van der Waals surface area contributed by atoms with E-state index in [2.05, 4.69) is 15.3 Å². The Hall–Kier alpha value is -2.71. The minimum absolute atomic E-state index is 0.356. The van der Waals surface area contributed by atoms with Crippen molar-refractivity contribution in [3.05, 3.63) is 47.1 Å². The monoisotopic (exact) mass is 370 g/mol. The topological polar surface area (TPSA) is 84.4 Å². The number of hydrogen-bond donors (Lipinski definition) is 1. The molecule has 7 nitrogen and oxygen atoms in total. The van der Waals surface area contributed by atoms with Gasteiger partial charge in [-0.2, -0.15) is 0 Å². The Morgan fingerprint density at radius 2 is 2.12 bits per heavy atom. The van der Waals surface area contributed by atoms with Crippen LogP contribution in [0.15, 0.2) is 41.6 Å². The van der Waals surface area contributed by atoms with E-state index < -0.39 is 0 Å². The van der Waals surface area contributed by atoms with Crippen molar-refractivity contribution in [2.24, 2.45) is 0 Å². The molecular formula is C18H18N4O3S. The summed E-state index contributed by atoms with van der Waals surface area (Å²) in [4.78, 5) is 34.0. The van der Waals surface area contributed by atoms with Crippen LogP contribution >= 0.6 is 11.8 Å². The molecule has 1 aromatic heterocycles. The van der Waals surface area contributed by atoms with Crippen molar-refractivity contribution in [1.29, 1.82) is 0 Å². The minimum Gasteiger partial charge on any atom is -0.475 e. The third kappa shape index (κ3) is 4.68. The van der Waals surface area contributed by atoms with Crippen LogP contribution in [0.25, 0.3) is 17.3 Å². The maximum atomic E-state index is 11.7. The molecule has 0 atom stereocenters. The summed E-state index contributed by atoms with van der Waals surface area (Å²) in [7, 11) is 3.95. The van der Waals surface area contributed by atoms with Gasteiger partial charge in [-0.1, -0.05) is 18.2 Å². The highest BCUT2D eigenvalue weighted by molar-refractivity contribution is 8.18. The zero-order chi connectivity index (χ0) is 18.5. The average Bonchev–Trinajstić information content (AvgIpc) is 2.92. The normalized spacial score (nSPS) is 15.6. The summed E-state index contributed by atoms with van der Waals surface area (Å²) in [6.45, 7) is 1.31. The number of benzene rings is 1. The van der Waals surface area contributed by atoms with E-state index in [9.17, 15) is 9.59 Å². The van der Waals surface area contributed by atoms with Crippen molar-refractivity contribution in [3.8, 4) is 17.1 Å². The molecule has 134 valence electrons. The number of nitrogens with one attached hydrogen (secondary N) is 1. The number of thioether (sulfide) groups is 1. The summed E-state index contributed by atoms with van der Waals surface area (Å²) < 4.78 is 5.62. The molecule has 0 spiro atoms. The van der Waals surface area contributed by atoms with Gasteiger partial charge in [0.15, 0.2) is 0 Å². The summed E-state index contributed by atoms with van der Waals surface area (Å²) in [6, 6.07) is 7.51. The summed E-state index contributed by atoms with van der Waals surface area (Å²) in [5.74, 6) is 0.0888. The number of carbonyl (C=O) groups excluding carboxylic acids is 2. The molecule has 0 aliphatic carbocycles. The molecule has 0 saturated carbocycles. The molecule has 2 heterocycles. The van der Waals surface area contributed by atoms with Crippen molar-refractivity contribution >= 4 is 29.0 Å². The van der Waals surface area contributed by atoms with Crippen LogP contribution in [0, 0.1) is 0 Å². The smallest absolute Gasteiger partial charge is 0.290 e. The Bertz CT molecular complexity index is 867. The van der Waals surface area contributed by atoms with E-state index in [0.717, 1.165) is 29.4 Å². The molecular weight excluding hydrogens is 352 g/mol. The van der Waals surface area contributed by atoms with Crippen LogP contribution in [0.5, 0.6) is 5.88 Å². The Labute approximate surface area is 155 Å². The second-order valence-corrected chi connectivity index (χ2v) is 6.89. The van der Waals surface area contributed by atoms with Crippen molar-refractivity contribution < 1.29 is 14.3 Å². The molecule has 3 rings (SSSR count). The molecule has 2 amide bonds. The van der Waals surface area contributed by atoms with Gasteiger partial charge < -0.3 is 9.64 Å². The van der Waals surface area contributed by atoms with Crippen LogP contribution in [0.1, 0.15) is 5.56 Å². The van der Waals surface area contributed by atoms with E-state index in [1.807, 2.05) is 43.3 Å². The highest BCUT2D eigenvalue weighted by Crippen LogP contribution is 2.27. The molecule has 1 aromatic carbocycles. The van der Waals surface area contributed by atoms with Crippen LogP contribution in [-0.4, -0.2) is 53.3 Å². The lowest BCUT2D eigenvalue weighted by molar-refractivity contribution is -0.115. The number of rotatable bonds is 6. The molecule has 26 heavy (non-hydrogen) atoms. The van der Waals surface area contributed by atoms with Crippen molar-refractivity contribution in [2.75, 3.05) is 27.2 Å². The van der Waals surface area contributed by atoms with Crippen molar-refractivity contribution in [1.82, 2.24) is 20.2 Å². The maximum Gasteiger partial charge on any atom is 0.290 e. The van der Waals surface area contributed by atoms with Crippen LogP contribution in [0.4, 0.5) is 4.79 Å². The van der Waals surface area contributed by atoms with E-state index in [0.29, 0.717) is 23.1 Å². The molecule has 1 N–H and O–H groups in total. The van der Waals surface area contributed by atoms with Gasteiger partial charge in [0.25, 0.3) is 11.1 Å². The summed E-state index contributed by atoms with van der Waals surface area (Å²) in [5.41, 5.74) is 2.32. The van der Waals surface area contributed by atoms with E-state index in [1.54, 1.807) is 18.5 Å². The number of nitrogens with zero attached hydrogens (tertiary/aromatic N) is 3. The van der Waals surface area contributed by atoms with Gasteiger partial charge >= 0.3 is 0 Å². The molecule has 0 radical (unpaired) electrons. The molecule has 8 heteroatoms. The number of likely N-dealkylation sites (N-methyl/N-ethyl adjacent to an activating group) is 1. The highest BCUT2D eigenvalue weighted by Gasteiger charge is 2.24. The number of imide groups is 1. The lowest BCUT2D eigenvalue weighted by atomic mass is 10.1. The Morgan fingerprint density at radius 3 is 2.85 bits per heavy atom. The number of hydrogen-bond acceptors (Lipinski definition) is 7. The van der Waals surface area contributed by atoms with Gasteiger partial charge in [0.2, 0.25) is 5.88 Å². The molecule has 1 aliphatic rings. The average molecular weight is 370 g/mol. The van der Waals surface area contributed by atoms with Gasteiger partial charge in [-0.05, 0) is 43.6 Å². The van der Waals surface area contributed by atoms with Gasteiger partial charge in [0.1, 0.15) is 6.61 Å². The lowest BCUT2D eigenvalue weighted by Crippen LogP contribution is -2.19. The molecule has 0 unspecified atom stereocenters. The van der Waals surface area contributed by atoms with E-state index in [-0.39, 0.29) is 11.1 Å². The zero-order valence-electron chi connectivity index (χ0n) is 14.4. The van der Waals surface area contributed by atoms with Gasteiger partial charge in [-0.15, -0.1) is 0 Å². The number of aromatic nitrogens is 2. The van der Waals surface area contributed by atoms with Crippen LogP contribution in [-0.2, 0) is 4.79 Å². The Kier molecular flexibility index (Phi) is 5.65. The fraction of sp³-hybridized carbons (Fsp3) is 0.222. The largest absolute Gasteiger partial charge is 0.475 e. The third-order valence-corrected chi connectivity index (χ3v) is 4.33. The van der Waals surface area contributed by atoms with E-state index in [4.69, 9.17) is 4.74 Å². The Balaban J connectivity index is 1.79. The van der Waals surface area contributed by atoms with E-state index in [1.165, 1.54) is 0 Å². The molecule has 1 fully saturated rings. The van der Waals surface area contributed by atoms with Crippen LogP contribution < -0.4 is 10.1 Å². The Morgan fingerprint density at radius 1 is 1.27 bits per heavy atom. The highest BCUT2D eigenvalue weighted by atomic mass is 32.2. The maximum absolute atomic E-state index is 11.7. The van der Waals surface area contributed by atoms with Crippen LogP contribution in [0.2, 0.25) is 0 Å². The van der Waals surface area contributed by atoms with E-state index >= 15 is 0 Å². The predicted octanol–water partition coefficient (Wildman–Crippen LogP) is 2.41. The number of carbonyl (C=O) groups is 2. The molecule has 1 saturated heterocycles. The molecule has 0 bridgehead atoms. The first kappa shape index (κ1) is 18.1. The van der Waals surface area contributed by atoms with Gasteiger partial charge in [0.05, 0.1) is 23.0 Å². The number of amides is 2. The fourth-order valence-corrected chi connectivity index (χ4v) is 2.93. The van der Waals surface area contributed by atoms with Gasteiger partial charge in [-0.25, -0.2) is 4.98 Å². The summed E-state index contributed by atoms with van der Waals surface area (Å²) >= 11 is 0.894. The lowest BCUT2D eigenvalue weighted by Gasteiger charge is -2.10. The predicted molar refractivity (Wildman–Crippen MR) is 101 cm³/mol. The van der Waals surface area contributed by atoms with Crippen LogP contribution in [0.3, 0.4) is 0 Å². The minimum atomic E-state index is -0.374. The molecule has 1 aliphatic heterocycles. The third-order valence-electron chi connectivity index (χ3n) is 3.52. The van der Waals surface area contributed by atoms with Gasteiger partial charge in [-0.3, -0.25) is 19.9 Å². The standard InChI is InChI=1S/C18H18N4O3S/c1-22(2)6-7-25-16-11-19-10-14(20-16)13-5-3-4-12(8-13)9-15-17(23)21-18(24)26-15/h3-5,8-11H,6-7H2,1-2H3,(H,21,23,24). The van der Waals surface area contributed by atoms with Crippen molar-refractivity contribution in [2.45, 2.75) is 0 Å². The summed E-state index contributed by atoms with van der Waals surface area (Å²) in [5, 5.41) is 1.89. The molecule has 2 aromatic rings. The SMILES string of the molecule is CN(C)CCOc1cncc(-c2cccc(C=C3SC(=O)NC3=O)c2)n1. The first-order valence-corrected chi connectivity index (χ1v) is 8.78. The first-order valence-electron chi connectivity index (χ1n) is 7.96. The summed E-state index contributed by atoms with van der Waals surface area (Å²) in [6.07, 6.45) is 4.92. The zero-order valence-corrected chi connectivity index (χ0v) is 15.2. The van der Waals surface area contributed by atoms with Crippen molar-refractivity contribution in [3.63, 3.8) is 0 Å². The second kappa shape index (κ2) is 8.11. The first-order chi connectivity index (χ1) is 12.5.